The van der Waals surface area contributed by atoms with E-state index < -0.39 is 11.9 Å². The maximum Gasteiger partial charge on any atom is 0.434 e. The molecular weight excluding hydrogens is 233 g/mol. The van der Waals surface area contributed by atoms with Crippen molar-refractivity contribution in [1.29, 1.82) is 0 Å². The number of aromatic nitrogens is 2. The summed E-state index contributed by atoms with van der Waals surface area (Å²) in [5.41, 5.74) is -0.415. The summed E-state index contributed by atoms with van der Waals surface area (Å²) >= 11 is 0. The Morgan fingerprint density at radius 2 is 2.00 bits per heavy atom. The Morgan fingerprint density at radius 3 is 2.65 bits per heavy atom. The number of halogens is 3. The van der Waals surface area contributed by atoms with Crippen molar-refractivity contribution in [2.24, 2.45) is 0 Å². The number of benzene rings is 1. The van der Waals surface area contributed by atoms with E-state index in [1.807, 2.05) is 6.92 Å². The van der Waals surface area contributed by atoms with Crippen molar-refractivity contribution >= 4 is 11.0 Å². The largest absolute Gasteiger partial charge is 0.494 e. The van der Waals surface area contributed by atoms with Crippen LogP contribution in [0.25, 0.3) is 11.0 Å². The fourth-order valence-electron chi connectivity index (χ4n) is 1.38. The third kappa shape index (κ3) is 2.46. The van der Waals surface area contributed by atoms with Gasteiger partial charge in [-0.2, -0.15) is 13.2 Å². The van der Waals surface area contributed by atoms with Crippen LogP contribution in [0.5, 0.6) is 5.75 Å². The van der Waals surface area contributed by atoms with Gasteiger partial charge >= 0.3 is 6.18 Å². The highest BCUT2D eigenvalue weighted by Crippen LogP contribution is 2.28. The van der Waals surface area contributed by atoms with Gasteiger partial charge in [0.15, 0.2) is 5.69 Å². The second-order valence-electron chi connectivity index (χ2n) is 3.34. The van der Waals surface area contributed by atoms with E-state index in [0.717, 1.165) is 6.20 Å². The molecular formula is C11H9F3N2O. The van der Waals surface area contributed by atoms with Crippen LogP contribution >= 0.6 is 0 Å². The maximum atomic E-state index is 12.4. The lowest BCUT2D eigenvalue weighted by molar-refractivity contribution is -0.141. The lowest BCUT2D eigenvalue weighted by Crippen LogP contribution is -2.08. The van der Waals surface area contributed by atoms with Gasteiger partial charge in [0.2, 0.25) is 0 Å². The third-order valence-corrected chi connectivity index (χ3v) is 2.12. The molecule has 6 heteroatoms. The standard InChI is InChI=1S/C11H9F3N2O/c1-2-17-7-3-4-8-9(5-7)15-6-10(16-8)11(12,13)14/h3-6H,2H2,1H3. The molecule has 0 aliphatic carbocycles. The number of rotatable bonds is 2. The second kappa shape index (κ2) is 4.20. The van der Waals surface area contributed by atoms with Gasteiger partial charge in [0.1, 0.15) is 5.75 Å². The number of ether oxygens (including phenoxy) is 1. The minimum absolute atomic E-state index is 0.197. The first-order chi connectivity index (χ1) is 8.00. The third-order valence-electron chi connectivity index (χ3n) is 2.12. The first-order valence-electron chi connectivity index (χ1n) is 4.97. The van der Waals surface area contributed by atoms with E-state index in [9.17, 15) is 13.2 Å². The van der Waals surface area contributed by atoms with E-state index in [-0.39, 0.29) is 5.52 Å². The summed E-state index contributed by atoms with van der Waals surface area (Å²) in [5, 5.41) is 0. The molecule has 0 aliphatic heterocycles. The summed E-state index contributed by atoms with van der Waals surface area (Å²) in [6, 6.07) is 4.59. The van der Waals surface area contributed by atoms with Crippen LogP contribution in [-0.4, -0.2) is 16.6 Å². The van der Waals surface area contributed by atoms with Gasteiger partial charge in [-0.1, -0.05) is 0 Å². The number of alkyl halides is 3. The average Bonchev–Trinajstić information content (AvgIpc) is 2.27. The van der Waals surface area contributed by atoms with Crippen molar-refractivity contribution < 1.29 is 17.9 Å². The Labute approximate surface area is 95.3 Å². The second-order valence-corrected chi connectivity index (χ2v) is 3.34. The van der Waals surface area contributed by atoms with Gasteiger partial charge in [-0.05, 0) is 19.1 Å². The predicted octanol–water partition coefficient (Wildman–Crippen LogP) is 3.05. The van der Waals surface area contributed by atoms with Crippen LogP contribution < -0.4 is 4.74 Å². The number of fused-ring (bicyclic) bond motifs is 1. The highest BCUT2D eigenvalue weighted by atomic mass is 19.4. The van der Waals surface area contributed by atoms with E-state index in [0.29, 0.717) is 17.9 Å². The van der Waals surface area contributed by atoms with Gasteiger partial charge in [0.25, 0.3) is 0 Å². The molecule has 0 spiro atoms. The predicted molar refractivity (Wildman–Crippen MR) is 55.7 cm³/mol. The summed E-state index contributed by atoms with van der Waals surface area (Å²) in [4.78, 5) is 7.23. The van der Waals surface area contributed by atoms with Crippen molar-refractivity contribution in [2.75, 3.05) is 6.61 Å². The normalized spacial score (nSPS) is 11.8. The van der Waals surface area contributed by atoms with Crippen molar-refractivity contribution in [1.82, 2.24) is 9.97 Å². The molecule has 3 nitrogen and oxygen atoms in total. The highest BCUT2D eigenvalue weighted by Gasteiger charge is 2.33. The molecule has 0 fully saturated rings. The maximum absolute atomic E-state index is 12.4. The van der Waals surface area contributed by atoms with Crippen LogP contribution in [0.4, 0.5) is 13.2 Å². The fraction of sp³-hybridized carbons (Fsp3) is 0.273. The zero-order chi connectivity index (χ0) is 12.5. The molecule has 0 aliphatic rings. The van der Waals surface area contributed by atoms with Crippen molar-refractivity contribution in [2.45, 2.75) is 13.1 Å². The van der Waals surface area contributed by atoms with Crippen molar-refractivity contribution in [3.05, 3.63) is 30.1 Å². The summed E-state index contributed by atoms with van der Waals surface area (Å²) in [6.07, 6.45) is -3.75. The van der Waals surface area contributed by atoms with Crippen molar-refractivity contribution in [3.8, 4) is 5.75 Å². The number of hydrogen-bond acceptors (Lipinski definition) is 3. The van der Waals surface area contributed by atoms with Crippen LogP contribution in [0.3, 0.4) is 0 Å². The summed E-state index contributed by atoms with van der Waals surface area (Å²) in [7, 11) is 0. The Kier molecular flexibility index (Phi) is 2.87. The summed E-state index contributed by atoms with van der Waals surface area (Å²) in [6.45, 7) is 2.31. The SMILES string of the molecule is CCOc1ccc2nc(C(F)(F)F)cnc2c1. The molecule has 2 aromatic rings. The molecule has 0 saturated carbocycles. The Morgan fingerprint density at radius 1 is 1.24 bits per heavy atom. The molecule has 90 valence electrons. The lowest BCUT2D eigenvalue weighted by atomic mass is 10.2. The topological polar surface area (TPSA) is 35.0 Å². The van der Waals surface area contributed by atoms with Crippen LogP contribution in [0.15, 0.2) is 24.4 Å². The van der Waals surface area contributed by atoms with Crippen LogP contribution in [0, 0.1) is 0 Å². The van der Waals surface area contributed by atoms with Gasteiger partial charge in [-0.15, -0.1) is 0 Å². The molecule has 0 bridgehead atoms. The quantitative estimate of drug-likeness (QED) is 0.811. The first kappa shape index (κ1) is 11.6. The summed E-state index contributed by atoms with van der Waals surface area (Å²) < 4.78 is 42.4. The zero-order valence-electron chi connectivity index (χ0n) is 8.95. The Balaban J connectivity index is 2.47. The molecule has 1 aromatic carbocycles. The van der Waals surface area contributed by atoms with E-state index in [4.69, 9.17) is 4.74 Å². The van der Waals surface area contributed by atoms with Crippen LogP contribution in [-0.2, 0) is 6.18 Å². The fourth-order valence-corrected chi connectivity index (χ4v) is 1.38. The Bertz CT molecular complexity index is 540. The van der Waals surface area contributed by atoms with E-state index in [2.05, 4.69) is 9.97 Å². The molecule has 0 amide bonds. The zero-order valence-corrected chi connectivity index (χ0v) is 8.95. The van der Waals surface area contributed by atoms with Gasteiger partial charge < -0.3 is 4.74 Å². The minimum Gasteiger partial charge on any atom is -0.494 e. The van der Waals surface area contributed by atoms with Gasteiger partial charge in [0.05, 0.1) is 23.8 Å². The monoisotopic (exact) mass is 242 g/mol. The van der Waals surface area contributed by atoms with E-state index in [1.165, 1.54) is 6.07 Å². The van der Waals surface area contributed by atoms with E-state index >= 15 is 0 Å². The lowest BCUT2D eigenvalue weighted by Gasteiger charge is -2.07. The Hall–Kier alpha value is -1.85. The molecule has 0 radical (unpaired) electrons. The number of nitrogens with zero attached hydrogens (tertiary/aromatic N) is 2. The summed E-state index contributed by atoms with van der Waals surface area (Å²) in [5.74, 6) is 0.564. The molecule has 0 atom stereocenters. The van der Waals surface area contributed by atoms with Crippen LogP contribution in [0.1, 0.15) is 12.6 Å². The molecule has 1 heterocycles. The average molecular weight is 242 g/mol. The molecule has 17 heavy (non-hydrogen) atoms. The minimum atomic E-state index is -4.47. The highest BCUT2D eigenvalue weighted by molar-refractivity contribution is 5.75. The van der Waals surface area contributed by atoms with Crippen molar-refractivity contribution in [3.63, 3.8) is 0 Å². The molecule has 1 aromatic heterocycles. The number of hydrogen-bond donors (Lipinski definition) is 0. The molecule has 0 saturated heterocycles. The van der Waals surface area contributed by atoms with Gasteiger partial charge in [-0.25, -0.2) is 4.98 Å². The van der Waals surface area contributed by atoms with E-state index in [1.54, 1.807) is 12.1 Å². The van der Waals surface area contributed by atoms with Gasteiger partial charge in [0, 0.05) is 6.07 Å². The smallest absolute Gasteiger partial charge is 0.434 e. The molecule has 2 rings (SSSR count). The molecule has 0 N–H and O–H groups in total. The van der Waals surface area contributed by atoms with Gasteiger partial charge in [-0.3, -0.25) is 4.98 Å². The molecule has 0 unspecified atom stereocenters. The first-order valence-corrected chi connectivity index (χ1v) is 4.97. The van der Waals surface area contributed by atoms with Crippen LogP contribution in [0.2, 0.25) is 0 Å².